The number of carbonyl (C=O) groups is 1. The molecule has 2 unspecified atom stereocenters. The van der Waals surface area contributed by atoms with Crippen molar-refractivity contribution in [1.29, 1.82) is 0 Å². The summed E-state index contributed by atoms with van der Waals surface area (Å²) in [5.41, 5.74) is 6.08. The van der Waals surface area contributed by atoms with Crippen LogP contribution in [0.4, 0.5) is 0 Å². The Bertz CT molecular complexity index is 355. The average Bonchev–Trinajstić information content (AvgIpc) is 2.52. The van der Waals surface area contributed by atoms with E-state index in [9.17, 15) is 4.79 Å². The van der Waals surface area contributed by atoms with E-state index in [0.29, 0.717) is 25.7 Å². The lowest BCUT2D eigenvalue weighted by Crippen LogP contribution is -2.52. The number of morpholine rings is 1. The molecule has 0 aromatic carbocycles. The van der Waals surface area contributed by atoms with E-state index in [0.717, 1.165) is 39.1 Å². The second-order valence-electron chi connectivity index (χ2n) is 6.87. The molecule has 2 rings (SSSR count). The minimum absolute atomic E-state index is 0. The molecule has 0 aromatic heterocycles. The van der Waals surface area contributed by atoms with Crippen LogP contribution in [0.15, 0.2) is 0 Å². The molecule has 2 heterocycles. The molecule has 6 nitrogen and oxygen atoms in total. The first-order valence-corrected chi connectivity index (χ1v) is 8.51. The number of hydrogen-bond acceptors (Lipinski definition) is 5. The highest BCUT2D eigenvalue weighted by atomic mass is 35.5. The van der Waals surface area contributed by atoms with E-state index in [1.165, 1.54) is 0 Å². The fraction of sp³-hybridized carbons (Fsp3) is 0.938. The molecule has 0 bridgehead atoms. The standard InChI is InChI=1S/C16H31N3O3.2ClH/c1-12(2)10-19-5-8-22-14(11-19)9-18-16(20)15(17)13-3-6-21-7-4-13;;/h12-15H,3-11,17H2,1-2H3,(H,18,20);2*1H. The van der Waals surface area contributed by atoms with Crippen LogP contribution in [0, 0.1) is 11.8 Å². The number of carbonyl (C=O) groups excluding carboxylic acids is 1. The van der Waals surface area contributed by atoms with Gasteiger partial charge in [0.1, 0.15) is 0 Å². The van der Waals surface area contributed by atoms with Crippen LogP contribution in [-0.4, -0.2) is 69.0 Å². The highest BCUT2D eigenvalue weighted by Crippen LogP contribution is 2.17. The Morgan fingerprint density at radius 1 is 1.25 bits per heavy atom. The number of nitrogens with one attached hydrogen (secondary N) is 1. The molecule has 2 atom stereocenters. The molecular weight excluding hydrogens is 353 g/mol. The predicted molar refractivity (Wildman–Crippen MR) is 100 cm³/mol. The quantitative estimate of drug-likeness (QED) is 0.714. The van der Waals surface area contributed by atoms with Crippen molar-refractivity contribution in [3.8, 4) is 0 Å². The van der Waals surface area contributed by atoms with E-state index >= 15 is 0 Å². The zero-order valence-corrected chi connectivity index (χ0v) is 16.4. The smallest absolute Gasteiger partial charge is 0.237 e. The van der Waals surface area contributed by atoms with Crippen LogP contribution in [0.25, 0.3) is 0 Å². The number of nitrogens with two attached hydrogens (primary N) is 1. The van der Waals surface area contributed by atoms with Crippen LogP contribution in [0.3, 0.4) is 0 Å². The third kappa shape index (κ3) is 7.85. The molecule has 2 saturated heterocycles. The second-order valence-corrected chi connectivity index (χ2v) is 6.87. The van der Waals surface area contributed by atoms with Gasteiger partial charge >= 0.3 is 0 Å². The Labute approximate surface area is 158 Å². The van der Waals surface area contributed by atoms with Gasteiger partial charge in [0.15, 0.2) is 0 Å². The van der Waals surface area contributed by atoms with Gasteiger partial charge in [-0.3, -0.25) is 9.69 Å². The second kappa shape index (κ2) is 12.3. The minimum Gasteiger partial charge on any atom is -0.381 e. The van der Waals surface area contributed by atoms with Gasteiger partial charge in [0.25, 0.3) is 0 Å². The first-order valence-electron chi connectivity index (χ1n) is 8.51. The highest BCUT2D eigenvalue weighted by Gasteiger charge is 2.27. The van der Waals surface area contributed by atoms with E-state index in [4.69, 9.17) is 15.2 Å². The fourth-order valence-electron chi connectivity index (χ4n) is 3.21. The summed E-state index contributed by atoms with van der Waals surface area (Å²) in [4.78, 5) is 14.6. The third-order valence-electron chi connectivity index (χ3n) is 4.43. The maximum absolute atomic E-state index is 12.2. The maximum Gasteiger partial charge on any atom is 0.237 e. The molecule has 0 radical (unpaired) electrons. The van der Waals surface area contributed by atoms with Crippen molar-refractivity contribution in [2.75, 3.05) is 46.0 Å². The van der Waals surface area contributed by atoms with Crippen molar-refractivity contribution in [3.63, 3.8) is 0 Å². The van der Waals surface area contributed by atoms with Crippen LogP contribution in [0.1, 0.15) is 26.7 Å². The number of nitrogens with zero attached hydrogens (tertiary/aromatic N) is 1. The number of amides is 1. The van der Waals surface area contributed by atoms with Crippen LogP contribution >= 0.6 is 24.8 Å². The van der Waals surface area contributed by atoms with Gasteiger partial charge in [0.2, 0.25) is 5.91 Å². The predicted octanol–water partition coefficient (Wildman–Crippen LogP) is 1.06. The van der Waals surface area contributed by atoms with Crippen molar-refractivity contribution in [2.24, 2.45) is 17.6 Å². The molecule has 8 heteroatoms. The van der Waals surface area contributed by atoms with Gasteiger partial charge in [-0.05, 0) is 24.7 Å². The van der Waals surface area contributed by atoms with E-state index in [1.807, 2.05) is 0 Å². The van der Waals surface area contributed by atoms with Gasteiger partial charge in [0.05, 0.1) is 18.8 Å². The van der Waals surface area contributed by atoms with E-state index in [1.54, 1.807) is 0 Å². The Morgan fingerprint density at radius 3 is 2.54 bits per heavy atom. The molecular formula is C16H33Cl2N3O3. The minimum atomic E-state index is -0.431. The lowest BCUT2D eigenvalue weighted by atomic mass is 9.92. The summed E-state index contributed by atoms with van der Waals surface area (Å²) < 4.78 is 11.1. The molecule has 0 saturated carbocycles. The van der Waals surface area contributed by atoms with Gasteiger partial charge in [0, 0.05) is 39.4 Å². The molecule has 0 aromatic rings. The Balaban J connectivity index is 0.00000264. The van der Waals surface area contributed by atoms with Gasteiger partial charge in [-0.25, -0.2) is 0 Å². The van der Waals surface area contributed by atoms with E-state index in [2.05, 4.69) is 24.1 Å². The maximum atomic E-state index is 12.2. The number of ether oxygens (including phenoxy) is 2. The Morgan fingerprint density at radius 2 is 1.92 bits per heavy atom. The van der Waals surface area contributed by atoms with E-state index < -0.39 is 6.04 Å². The van der Waals surface area contributed by atoms with Gasteiger partial charge in [-0.1, -0.05) is 13.8 Å². The van der Waals surface area contributed by atoms with Gasteiger partial charge < -0.3 is 20.5 Å². The summed E-state index contributed by atoms with van der Waals surface area (Å²) in [6, 6.07) is -0.431. The first-order chi connectivity index (χ1) is 10.6. The number of rotatable bonds is 6. The SMILES string of the molecule is CC(C)CN1CCOC(CNC(=O)C(N)C2CCOCC2)C1.Cl.Cl. The topological polar surface area (TPSA) is 76.8 Å². The molecule has 0 spiro atoms. The molecule has 2 aliphatic rings. The number of halogens is 2. The Hall–Kier alpha value is -0.110. The largest absolute Gasteiger partial charge is 0.381 e. The molecule has 24 heavy (non-hydrogen) atoms. The zero-order chi connectivity index (χ0) is 15.9. The summed E-state index contributed by atoms with van der Waals surface area (Å²) in [5, 5.41) is 2.97. The lowest BCUT2D eigenvalue weighted by molar-refractivity contribution is -0.125. The average molecular weight is 386 g/mol. The molecule has 2 fully saturated rings. The van der Waals surface area contributed by atoms with E-state index in [-0.39, 0.29) is 42.7 Å². The fourth-order valence-corrected chi connectivity index (χ4v) is 3.21. The summed E-state index contributed by atoms with van der Waals surface area (Å²) in [7, 11) is 0. The van der Waals surface area contributed by atoms with Gasteiger partial charge in [-0.2, -0.15) is 0 Å². The third-order valence-corrected chi connectivity index (χ3v) is 4.43. The molecule has 144 valence electrons. The molecule has 2 aliphatic heterocycles. The summed E-state index contributed by atoms with van der Waals surface area (Å²) in [6.07, 6.45) is 1.81. The van der Waals surface area contributed by atoms with Crippen LogP contribution in [0.2, 0.25) is 0 Å². The van der Waals surface area contributed by atoms with Crippen LogP contribution < -0.4 is 11.1 Å². The molecule has 1 amide bonds. The van der Waals surface area contributed by atoms with Crippen LogP contribution in [-0.2, 0) is 14.3 Å². The summed E-state index contributed by atoms with van der Waals surface area (Å²) in [5.74, 6) is 0.824. The van der Waals surface area contributed by atoms with Gasteiger partial charge in [-0.15, -0.1) is 24.8 Å². The monoisotopic (exact) mass is 385 g/mol. The summed E-state index contributed by atoms with van der Waals surface area (Å²) >= 11 is 0. The normalized spacial score (nSPS) is 23.9. The van der Waals surface area contributed by atoms with Crippen molar-refractivity contribution >= 4 is 30.7 Å². The van der Waals surface area contributed by atoms with Crippen molar-refractivity contribution in [2.45, 2.75) is 38.8 Å². The highest BCUT2D eigenvalue weighted by molar-refractivity contribution is 5.85. The van der Waals surface area contributed by atoms with Crippen molar-refractivity contribution < 1.29 is 14.3 Å². The summed E-state index contributed by atoms with van der Waals surface area (Å²) in [6.45, 7) is 10.1. The van der Waals surface area contributed by atoms with Crippen molar-refractivity contribution in [3.05, 3.63) is 0 Å². The van der Waals surface area contributed by atoms with Crippen molar-refractivity contribution in [1.82, 2.24) is 10.2 Å². The number of hydrogen-bond donors (Lipinski definition) is 2. The zero-order valence-electron chi connectivity index (χ0n) is 14.7. The first kappa shape index (κ1) is 23.9. The van der Waals surface area contributed by atoms with Crippen LogP contribution in [0.5, 0.6) is 0 Å². The molecule has 0 aliphatic carbocycles. The lowest BCUT2D eigenvalue weighted by Gasteiger charge is -2.34. The molecule has 3 N–H and O–H groups in total. The Kier molecular flexibility index (Phi) is 12.2.